The van der Waals surface area contributed by atoms with Crippen LogP contribution < -0.4 is 4.90 Å². The molecule has 1 aromatic carbocycles. The summed E-state index contributed by atoms with van der Waals surface area (Å²) >= 11 is 0. The highest BCUT2D eigenvalue weighted by molar-refractivity contribution is 6.04. The fourth-order valence-electron chi connectivity index (χ4n) is 2.41. The number of nitrogens with zero attached hydrogens (tertiary/aromatic N) is 2. The lowest BCUT2D eigenvalue weighted by Gasteiger charge is -2.38. The molecule has 6 heteroatoms. The van der Waals surface area contributed by atoms with Crippen molar-refractivity contribution < 1.29 is 19.5 Å². The zero-order valence-electron chi connectivity index (χ0n) is 12.1. The molecule has 0 aliphatic carbocycles. The second-order valence-electron chi connectivity index (χ2n) is 5.17. The van der Waals surface area contributed by atoms with Crippen molar-refractivity contribution in [3.05, 3.63) is 29.8 Å². The van der Waals surface area contributed by atoms with Crippen molar-refractivity contribution in [2.45, 2.75) is 26.3 Å². The number of amides is 2. The van der Waals surface area contributed by atoms with E-state index in [1.54, 1.807) is 11.8 Å². The first-order valence-electron chi connectivity index (χ1n) is 6.79. The van der Waals surface area contributed by atoms with Crippen LogP contribution >= 0.6 is 0 Å². The van der Waals surface area contributed by atoms with E-state index in [0.717, 1.165) is 16.2 Å². The normalized spacial score (nSPS) is 19.0. The first kappa shape index (κ1) is 15.0. The number of anilines is 1. The summed E-state index contributed by atoms with van der Waals surface area (Å²) in [7, 11) is 0. The van der Waals surface area contributed by atoms with Crippen molar-refractivity contribution in [2.24, 2.45) is 0 Å². The second kappa shape index (κ2) is 5.95. The number of imide groups is 1. The van der Waals surface area contributed by atoms with Crippen LogP contribution in [0.1, 0.15) is 18.9 Å². The van der Waals surface area contributed by atoms with Crippen molar-refractivity contribution in [3.63, 3.8) is 0 Å². The molecule has 112 valence electrons. The van der Waals surface area contributed by atoms with Gasteiger partial charge in [-0.2, -0.15) is 0 Å². The van der Waals surface area contributed by atoms with Crippen LogP contribution in [0.3, 0.4) is 0 Å². The van der Waals surface area contributed by atoms with Gasteiger partial charge >= 0.3 is 5.97 Å². The number of carbonyl (C=O) groups is 3. The monoisotopic (exact) mass is 290 g/mol. The van der Waals surface area contributed by atoms with Crippen molar-refractivity contribution in [3.8, 4) is 0 Å². The molecule has 1 saturated heterocycles. The third-order valence-corrected chi connectivity index (χ3v) is 3.58. The largest absolute Gasteiger partial charge is 0.481 e. The van der Waals surface area contributed by atoms with Gasteiger partial charge in [-0.1, -0.05) is 12.1 Å². The minimum absolute atomic E-state index is 0.0704. The lowest BCUT2D eigenvalue weighted by atomic mass is 10.1. The van der Waals surface area contributed by atoms with E-state index in [1.807, 2.05) is 31.2 Å². The van der Waals surface area contributed by atoms with Gasteiger partial charge in [-0.3, -0.25) is 19.3 Å². The number of carboxylic acid groups (broad SMARTS) is 1. The number of hydrogen-bond acceptors (Lipinski definition) is 4. The van der Waals surface area contributed by atoms with Crippen LogP contribution in [0, 0.1) is 6.92 Å². The Morgan fingerprint density at radius 1 is 1.38 bits per heavy atom. The van der Waals surface area contributed by atoms with Crippen molar-refractivity contribution >= 4 is 23.5 Å². The summed E-state index contributed by atoms with van der Waals surface area (Å²) in [6, 6.07) is 7.11. The van der Waals surface area contributed by atoms with Gasteiger partial charge in [-0.25, -0.2) is 0 Å². The van der Waals surface area contributed by atoms with Gasteiger partial charge in [0.15, 0.2) is 0 Å². The fraction of sp³-hybridized carbons (Fsp3) is 0.400. The van der Waals surface area contributed by atoms with Crippen LogP contribution in [0.5, 0.6) is 0 Å². The van der Waals surface area contributed by atoms with Gasteiger partial charge in [0, 0.05) is 12.2 Å². The number of aliphatic carboxylic acids is 1. The van der Waals surface area contributed by atoms with E-state index in [0.29, 0.717) is 0 Å². The molecule has 1 aromatic rings. The molecule has 0 aromatic heterocycles. The third kappa shape index (κ3) is 3.21. The number of aryl methyl sites for hydroxylation is 1. The quantitative estimate of drug-likeness (QED) is 0.838. The van der Waals surface area contributed by atoms with Gasteiger partial charge in [0.05, 0.1) is 13.0 Å². The van der Waals surface area contributed by atoms with Crippen LogP contribution in [-0.4, -0.2) is 46.9 Å². The molecular formula is C15H18N2O4. The zero-order chi connectivity index (χ0) is 15.6. The Morgan fingerprint density at radius 3 is 2.71 bits per heavy atom. The van der Waals surface area contributed by atoms with E-state index in [1.165, 1.54) is 0 Å². The summed E-state index contributed by atoms with van der Waals surface area (Å²) in [5.74, 6) is -1.74. The van der Waals surface area contributed by atoms with E-state index in [2.05, 4.69) is 0 Å². The van der Waals surface area contributed by atoms with E-state index in [9.17, 15) is 14.4 Å². The molecule has 21 heavy (non-hydrogen) atoms. The molecule has 0 spiro atoms. The molecular weight excluding hydrogens is 272 g/mol. The maximum atomic E-state index is 12.3. The molecule has 1 heterocycles. The van der Waals surface area contributed by atoms with Gasteiger partial charge in [0.1, 0.15) is 6.04 Å². The van der Waals surface area contributed by atoms with Gasteiger partial charge in [-0.15, -0.1) is 0 Å². The predicted molar refractivity (Wildman–Crippen MR) is 77.0 cm³/mol. The Morgan fingerprint density at radius 2 is 2.10 bits per heavy atom. The zero-order valence-corrected chi connectivity index (χ0v) is 12.1. The highest BCUT2D eigenvalue weighted by atomic mass is 16.4. The first-order valence-corrected chi connectivity index (χ1v) is 6.79. The smallest absolute Gasteiger partial charge is 0.305 e. The number of benzene rings is 1. The Bertz CT molecular complexity index is 585. The molecule has 1 aliphatic heterocycles. The van der Waals surface area contributed by atoms with Crippen LogP contribution in [0.15, 0.2) is 24.3 Å². The Balaban J connectivity index is 2.18. The molecule has 0 radical (unpaired) electrons. The summed E-state index contributed by atoms with van der Waals surface area (Å²) in [5, 5.41) is 8.68. The van der Waals surface area contributed by atoms with Crippen molar-refractivity contribution in [1.29, 1.82) is 0 Å². The Labute approximate surface area is 123 Å². The highest BCUT2D eigenvalue weighted by Crippen LogP contribution is 2.23. The highest BCUT2D eigenvalue weighted by Gasteiger charge is 2.37. The van der Waals surface area contributed by atoms with Gasteiger partial charge in [0.2, 0.25) is 5.91 Å². The summed E-state index contributed by atoms with van der Waals surface area (Å²) in [6.07, 6.45) is -0.228. The Hall–Kier alpha value is -2.37. The molecule has 0 saturated carbocycles. The minimum Gasteiger partial charge on any atom is -0.481 e. The van der Waals surface area contributed by atoms with Crippen LogP contribution in [0.2, 0.25) is 0 Å². The van der Waals surface area contributed by atoms with Crippen LogP contribution in [-0.2, 0) is 14.4 Å². The molecule has 2 amide bonds. The Kier molecular flexibility index (Phi) is 4.26. The molecule has 1 aliphatic rings. The number of piperazine rings is 1. The molecule has 1 N–H and O–H groups in total. The summed E-state index contributed by atoms with van der Waals surface area (Å²) in [6.45, 7) is 3.68. The lowest BCUT2D eigenvalue weighted by Crippen LogP contribution is -2.59. The van der Waals surface area contributed by atoms with Gasteiger partial charge in [0.25, 0.3) is 5.91 Å². The third-order valence-electron chi connectivity index (χ3n) is 3.58. The predicted octanol–water partition coefficient (Wildman–Crippen LogP) is 1.03. The molecule has 1 unspecified atom stereocenters. The number of carboxylic acids is 1. The van der Waals surface area contributed by atoms with E-state index in [-0.39, 0.29) is 31.3 Å². The van der Waals surface area contributed by atoms with E-state index >= 15 is 0 Å². The molecule has 1 atom stereocenters. The van der Waals surface area contributed by atoms with Crippen molar-refractivity contribution in [1.82, 2.24) is 4.90 Å². The van der Waals surface area contributed by atoms with Crippen molar-refractivity contribution in [2.75, 3.05) is 18.0 Å². The molecule has 2 rings (SSSR count). The minimum atomic E-state index is -1.02. The van der Waals surface area contributed by atoms with Crippen LogP contribution in [0.4, 0.5) is 5.69 Å². The SMILES string of the molecule is Cc1cccc(N2CC(=O)N(CCC(=O)O)C(=O)C2C)c1. The summed E-state index contributed by atoms with van der Waals surface area (Å²) < 4.78 is 0. The topological polar surface area (TPSA) is 77.9 Å². The average molecular weight is 290 g/mol. The lowest BCUT2D eigenvalue weighted by molar-refractivity contribution is -0.148. The maximum absolute atomic E-state index is 12.3. The molecule has 6 nitrogen and oxygen atoms in total. The standard InChI is InChI=1S/C15H18N2O4/c1-10-4-3-5-12(8-10)17-9-13(18)16(7-6-14(19)20)15(21)11(17)2/h3-5,8,11H,6-7,9H2,1-2H3,(H,19,20). The summed E-state index contributed by atoms with van der Waals surface area (Å²) in [4.78, 5) is 37.8. The number of hydrogen-bond donors (Lipinski definition) is 1. The van der Waals surface area contributed by atoms with Gasteiger partial charge < -0.3 is 10.0 Å². The average Bonchev–Trinajstić information content (AvgIpc) is 2.42. The van der Waals surface area contributed by atoms with Crippen LogP contribution in [0.25, 0.3) is 0 Å². The number of rotatable bonds is 4. The fourth-order valence-corrected chi connectivity index (χ4v) is 2.41. The van der Waals surface area contributed by atoms with E-state index < -0.39 is 12.0 Å². The molecule has 0 bridgehead atoms. The first-order chi connectivity index (χ1) is 9.90. The van der Waals surface area contributed by atoms with E-state index in [4.69, 9.17) is 5.11 Å². The second-order valence-corrected chi connectivity index (χ2v) is 5.17. The number of carbonyl (C=O) groups excluding carboxylic acids is 2. The maximum Gasteiger partial charge on any atom is 0.305 e. The van der Waals surface area contributed by atoms with Gasteiger partial charge in [-0.05, 0) is 31.5 Å². The molecule has 1 fully saturated rings. The summed E-state index contributed by atoms with van der Waals surface area (Å²) in [5.41, 5.74) is 1.87.